The number of nitrogens with zero attached hydrogens (tertiary/aromatic N) is 4. The summed E-state index contributed by atoms with van der Waals surface area (Å²) in [5, 5.41) is 9.55. The van der Waals surface area contributed by atoms with Gasteiger partial charge >= 0.3 is 17.8 Å². The lowest BCUT2D eigenvalue weighted by molar-refractivity contribution is -0.133. The van der Waals surface area contributed by atoms with E-state index >= 15 is 0 Å². The molecule has 11 heteroatoms. The molecule has 0 aromatic carbocycles. The molecule has 3 heterocycles. The van der Waals surface area contributed by atoms with E-state index in [0.29, 0.717) is 17.3 Å². The van der Waals surface area contributed by atoms with E-state index in [1.54, 1.807) is 50.0 Å². The maximum atomic E-state index is 12.3. The van der Waals surface area contributed by atoms with Crippen LogP contribution in [0.25, 0.3) is 11.5 Å². The van der Waals surface area contributed by atoms with Gasteiger partial charge in [0.2, 0.25) is 0 Å². The molecule has 3 aromatic rings. The topological polar surface area (TPSA) is 120 Å². The summed E-state index contributed by atoms with van der Waals surface area (Å²) in [5.74, 6) is -1.40. The molecule has 0 unspecified atom stereocenters. The number of esters is 1. The summed E-state index contributed by atoms with van der Waals surface area (Å²) < 4.78 is 8.21. The van der Waals surface area contributed by atoms with Gasteiger partial charge < -0.3 is 19.9 Å². The van der Waals surface area contributed by atoms with Crippen LogP contribution < -0.4 is 10.6 Å². The lowest BCUT2D eigenvalue weighted by Gasteiger charge is -2.07. The standard InChI is InChI=1S/C18H20N6O4S/c1-5-28-18(27)11-8-10(2)29-17(11)21-16(26)15(25)20-13-9-12(22-24(13)4)14-19-6-7-23(14)3/h6-9H,5H2,1-4H3,(H,20,25)(H,21,26). The van der Waals surface area contributed by atoms with Gasteiger partial charge in [-0.25, -0.2) is 9.78 Å². The zero-order chi connectivity index (χ0) is 21.1. The molecule has 29 heavy (non-hydrogen) atoms. The molecule has 0 aliphatic rings. The predicted molar refractivity (Wildman–Crippen MR) is 108 cm³/mol. The minimum atomic E-state index is -0.905. The SMILES string of the molecule is CCOC(=O)c1cc(C)sc1NC(=O)C(=O)Nc1cc(-c2nccn2C)nn1C. The first-order valence-corrected chi connectivity index (χ1v) is 9.53. The van der Waals surface area contributed by atoms with Crippen molar-refractivity contribution in [2.75, 3.05) is 17.2 Å². The first-order chi connectivity index (χ1) is 13.8. The molecule has 0 bridgehead atoms. The molecule has 0 spiro atoms. The fraction of sp³-hybridized carbons (Fsp3) is 0.278. The van der Waals surface area contributed by atoms with Gasteiger partial charge in [0.1, 0.15) is 16.5 Å². The number of nitrogens with one attached hydrogen (secondary N) is 2. The molecule has 0 saturated carbocycles. The highest BCUT2D eigenvalue weighted by molar-refractivity contribution is 7.16. The Morgan fingerprint density at radius 3 is 2.55 bits per heavy atom. The van der Waals surface area contributed by atoms with Crippen molar-refractivity contribution in [3.05, 3.63) is 35.0 Å². The van der Waals surface area contributed by atoms with Gasteiger partial charge in [0, 0.05) is 37.4 Å². The Bertz CT molecular complexity index is 1080. The van der Waals surface area contributed by atoms with Crippen LogP contribution in [0.2, 0.25) is 0 Å². The second-order valence-electron chi connectivity index (χ2n) is 6.13. The second kappa shape index (κ2) is 8.27. The second-order valence-corrected chi connectivity index (χ2v) is 7.39. The van der Waals surface area contributed by atoms with Crippen molar-refractivity contribution in [3.8, 4) is 11.5 Å². The van der Waals surface area contributed by atoms with Crippen molar-refractivity contribution >= 4 is 39.9 Å². The van der Waals surface area contributed by atoms with Crippen LogP contribution in [0.5, 0.6) is 0 Å². The van der Waals surface area contributed by atoms with Gasteiger partial charge in [-0.05, 0) is 19.9 Å². The average Bonchev–Trinajstić information content (AvgIpc) is 3.34. The van der Waals surface area contributed by atoms with Crippen molar-refractivity contribution in [3.63, 3.8) is 0 Å². The molecule has 0 atom stereocenters. The summed E-state index contributed by atoms with van der Waals surface area (Å²) in [4.78, 5) is 41.7. The molecule has 0 aliphatic carbocycles. The number of carbonyl (C=O) groups excluding carboxylic acids is 3. The van der Waals surface area contributed by atoms with E-state index in [2.05, 4.69) is 20.7 Å². The lowest BCUT2D eigenvalue weighted by Crippen LogP contribution is -2.30. The van der Waals surface area contributed by atoms with E-state index in [0.717, 1.165) is 4.88 Å². The number of hydrogen-bond acceptors (Lipinski definition) is 7. The van der Waals surface area contributed by atoms with Gasteiger partial charge in [-0.15, -0.1) is 11.3 Å². The molecule has 2 amide bonds. The summed E-state index contributed by atoms with van der Waals surface area (Å²) in [6.07, 6.45) is 3.42. The van der Waals surface area contributed by atoms with Gasteiger partial charge in [-0.3, -0.25) is 14.3 Å². The molecule has 3 aromatic heterocycles. The van der Waals surface area contributed by atoms with Crippen molar-refractivity contribution in [2.24, 2.45) is 14.1 Å². The molecule has 0 fully saturated rings. The quantitative estimate of drug-likeness (QED) is 0.484. The first kappa shape index (κ1) is 20.3. The fourth-order valence-electron chi connectivity index (χ4n) is 2.61. The average molecular weight is 416 g/mol. The van der Waals surface area contributed by atoms with Gasteiger partial charge in [0.05, 0.1) is 12.2 Å². The number of aromatic nitrogens is 4. The Kier molecular flexibility index (Phi) is 5.78. The number of ether oxygens (including phenoxy) is 1. The van der Waals surface area contributed by atoms with Crippen molar-refractivity contribution in [1.82, 2.24) is 19.3 Å². The van der Waals surface area contributed by atoms with E-state index in [1.165, 1.54) is 16.0 Å². The highest BCUT2D eigenvalue weighted by atomic mass is 32.1. The van der Waals surface area contributed by atoms with Gasteiger partial charge in [-0.1, -0.05) is 0 Å². The van der Waals surface area contributed by atoms with E-state index in [-0.39, 0.29) is 17.2 Å². The number of amides is 2. The third kappa shape index (κ3) is 4.35. The van der Waals surface area contributed by atoms with Crippen LogP contribution in [-0.2, 0) is 28.4 Å². The van der Waals surface area contributed by atoms with Crippen molar-refractivity contribution in [1.29, 1.82) is 0 Å². The summed E-state index contributed by atoms with van der Waals surface area (Å²) >= 11 is 1.19. The molecular formula is C18H20N6O4S. The van der Waals surface area contributed by atoms with Gasteiger partial charge in [0.15, 0.2) is 5.82 Å². The van der Waals surface area contributed by atoms with Crippen LogP contribution in [0.1, 0.15) is 22.2 Å². The van der Waals surface area contributed by atoms with Crippen LogP contribution in [-0.4, -0.2) is 43.7 Å². The van der Waals surface area contributed by atoms with E-state index in [1.807, 2.05) is 7.05 Å². The number of thiophene rings is 1. The molecule has 10 nitrogen and oxygen atoms in total. The smallest absolute Gasteiger partial charge is 0.341 e. The summed E-state index contributed by atoms with van der Waals surface area (Å²) in [7, 11) is 3.47. The number of aryl methyl sites for hydroxylation is 3. The number of anilines is 2. The van der Waals surface area contributed by atoms with Crippen molar-refractivity contribution < 1.29 is 19.1 Å². The van der Waals surface area contributed by atoms with Crippen LogP contribution in [0.3, 0.4) is 0 Å². The van der Waals surface area contributed by atoms with E-state index < -0.39 is 17.8 Å². The van der Waals surface area contributed by atoms with Crippen LogP contribution >= 0.6 is 11.3 Å². The fourth-order valence-corrected chi connectivity index (χ4v) is 3.50. The number of imidazole rings is 1. The zero-order valence-electron chi connectivity index (χ0n) is 16.3. The summed E-state index contributed by atoms with van der Waals surface area (Å²) in [5.41, 5.74) is 0.766. The van der Waals surface area contributed by atoms with Crippen LogP contribution in [0.4, 0.5) is 10.8 Å². The van der Waals surface area contributed by atoms with Crippen LogP contribution in [0, 0.1) is 6.92 Å². The summed E-state index contributed by atoms with van der Waals surface area (Å²) in [6.45, 7) is 3.69. The van der Waals surface area contributed by atoms with E-state index in [9.17, 15) is 14.4 Å². The normalized spacial score (nSPS) is 10.6. The Labute approximate surface area is 170 Å². The van der Waals surface area contributed by atoms with Gasteiger partial charge in [-0.2, -0.15) is 5.10 Å². The maximum absolute atomic E-state index is 12.3. The summed E-state index contributed by atoms with van der Waals surface area (Å²) in [6, 6.07) is 3.23. The molecular weight excluding hydrogens is 396 g/mol. The highest BCUT2D eigenvalue weighted by Crippen LogP contribution is 2.28. The number of rotatable bonds is 5. The number of carbonyl (C=O) groups is 3. The largest absolute Gasteiger partial charge is 0.462 e. The Morgan fingerprint density at radius 2 is 1.90 bits per heavy atom. The maximum Gasteiger partial charge on any atom is 0.341 e. The molecule has 0 radical (unpaired) electrons. The minimum absolute atomic E-state index is 0.209. The highest BCUT2D eigenvalue weighted by Gasteiger charge is 2.22. The molecule has 2 N–H and O–H groups in total. The predicted octanol–water partition coefficient (Wildman–Crippen LogP) is 1.94. The Balaban J connectivity index is 1.73. The Hall–Kier alpha value is -3.47. The minimum Gasteiger partial charge on any atom is -0.462 e. The lowest BCUT2D eigenvalue weighted by atomic mass is 10.3. The zero-order valence-corrected chi connectivity index (χ0v) is 17.2. The molecule has 3 rings (SSSR count). The molecule has 152 valence electrons. The van der Waals surface area contributed by atoms with Crippen LogP contribution in [0.15, 0.2) is 24.5 Å². The molecule has 0 aliphatic heterocycles. The third-order valence-corrected chi connectivity index (χ3v) is 4.92. The van der Waals surface area contributed by atoms with E-state index in [4.69, 9.17) is 4.74 Å². The first-order valence-electron chi connectivity index (χ1n) is 8.71. The Morgan fingerprint density at radius 1 is 1.17 bits per heavy atom. The third-order valence-electron chi connectivity index (χ3n) is 3.96. The monoisotopic (exact) mass is 416 g/mol. The number of hydrogen-bond donors (Lipinski definition) is 2. The van der Waals surface area contributed by atoms with Crippen molar-refractivity contribution in [2.45, 2.75) is 13.8 Å². The molecule has 0 saturated heterocycles. The van der Waals surface area contributed by atoms with Gasteiger partial charge in [0.25, 0.3) is 0 Å².